The molecule has 0 unspecified atom stereocenters. The fourth-order valence-corrected chi connectivity index (χ4v) is 2.79. The number of nitrogens with zero attached hydrogens (tertiary/aromatic N) is 3. The Balaban J connectivity index is 2.01. The van der Waals surface area contributed by atoms with Crippen LogP contribution in [0.4, 0.5) is 0 Å². The number of rotatable bonds is 3. The average Bonchev–Trinajstić information content (AvgIpc) is 3.07. The lowest BCUT2D eigenvalue weighted by atomic mass is 10.0. The number of imidazole rings is 1. The SMILES string of the molecule is Cc1ncc(CN2CCCC2)c(-c2ncc[nH]2)c1C. The predicted molar refractivity (Wildman–Crippen MR) is 75.8 cm³/mol. The van der Waals surface area contributed by atoms with Crippen LogP contribution >= 0.6 is 0 Å². The summed E-state index contributed by atoms with van der Waals surface area (Å²) in [5, 5.41) is 0. The van der Waals surface area contributed by atoms with Gasteiger partial charge in [0.15, 0.2) is 0 Å². The van der Waals surface area contributed by atoms with Gasteiger partial charge in [0.25, 0.3) is 0 Å². The number of likely N-dealkylation sites (tertiary alicyclic amines) is 1. The minimum absolute atomic E-state index is 0.956. The van der Waals surface area contributed by atoms with E-state index in [9.17, 15) is 0 Å². The molecule has 100 valence electrons. The number of hydrogen-bond acceptors (Lipinski definition) is 3. The lowest BCUT2D eigenvalue weighted by Gasteiger charge is -2.18. The molecule has 1 fully saturated rings. The molecule has 0 bridgehead atoms. The van der Waals surface area contributed by atoms with E-state index in [0.29, 0.717) is 0 Å². The highest BCUT2D eigenvalue weighted by Gasteiger charge is 2.18. The molecule has 2 aromatic rings. The third-order valence-corrected chi connectivity index (χ3v) is 3.98. The Morgan fingerprint density at radius 3 is 2.68 bits per heavy atom. The second kappa shape index (κ2) is 5.13. The van der Waals surface area contributed by atoms with E-state index in [1.165, 1.54) is 42.6 Å². The number of H-pyrrole nitrogens is 1. The third kappa shape index (κ3) is 2.40. The molecule has 0 amide bonds. The first-order valence-electron chi connectivity index (χ1n) is 6.93. The first-order chi connectivity index (χ1) is 9.25. The molecule has 19 heavy (non-hydrogen) atoms. The van der Waals surface area contributed by atoms with Gasteiger partial charge in [0.2, 0.25) is 0 Å². The highest BCUT2D eigenvalue weighted by atomic mass is 15.1. The summed E-state index contributed by atoms with van der Waals surface area (Å²) >= 11 is 0. The van der Waals surface area contributed by atoms with Crippen LogP contribution in [0.25, 0.3) is 11.4 Å². The van der Waals surface area contributed by atoms with Gasteiger partial charge in [0.05, 0.1) is 0 Å². The Morgan fingerprint density at radius 1 is 1.21 bits per heavy atom. The summed E-state index contributed by atoms with van der Waals surface area (Å²) in [5.41, 5.74) is 4.81. The van der Waals surface area contributed by atoms with Crippen molar-refractivity contribution in [1.82, 2.24) is 19.9 Å². The van der Waals surface area contributed by atoms with Gasteiger partial charge >= 0.3 is 0 Å². The summed E-state index contributed by atoms with van der Waals surface area (Å²) in [4.78, 5) is 14.7. The molecule has 0 aliphatic carbocycles. The quantitative estimate of drug-likeness (QED) is 0.918. The molecule has 2 aromatic heterocycles. The number of pyridine rings is 1. The topological polar surface area (TPSA) is 44.8 Å². The number of aromatic nitrogens is 3. The van der Waals surface area contributed by atoms with Crippen LogP contribution in [0.1, 0.15) is 29.7 Å². The Hall–Kier alpha value is -1.68. The largest absolute Gasteiger partial charge is 0.345 e. The van der Waals surface area contributed by atoms with Crippen LogP contribution in [0.2, 0.25) is 0 Å². The molecule has 4 heteroatoms. The normalized spacial score (nSPS) is 16.1. The molecule has 3 heterocycles. The Bertz CT molecular complexity index is 554. The van der Waals surface area contributed by atoms with Crippen molar-refractivity contribution >= 4 is 0 Å². The maximum atomic E-state index is 4.52. The summed E-state index contributed by atoms with van der Waals surface area (Å²) in [5.74, 6) is 0.956. The van der Waals surface area contributed by atoms with Crippen molar-refractivity contribution in [2.75, 3.05) is 13.1 Å². The van der Waals surface area contributed by atoms with Gasteiger partial charge < -0.3 is 4.98 Å². The molecule has 4 nitrogen and oxygen atoms in total. The van der Waals surface area contributed by atoms with Crippen LogP contribution in [0.5, 0.6) is 0 Å². The van der Waals surface area contributed by atoms with Gasteiger partial charge in [-0.25, -0.2) is 4.98 Å². The van der Waals surface area contributed by atoms with E-state index < -0.39 is 0 Å². The van der Waals surface area contributed by atoms with Crippen molar-refractivity contribution in [3.05, 3.63) is 35.4 Å². The van der Waals surface area contributed by atoms with E-state index >= 15 is 0 Å². The number of aromatic amines is 1. The Kier molecular flexibility index (Phi) is 3.34. The summed E-state index contributed by atoms with van der Waals surface area (Å²) < 4.78 is 0. The van der Waals surface area contributed by atoms with Gasteiger partial charge in [-0.2, -0.15) is 0 Å². The molecule has 0 atom stereocenters. The zero-order chi connectivity index (χ0) is 13.2. The highest BCUT2D eigenvalue weighted by Crippen LogP contribution is 2.27. The summed E-state index contributed by atoms with van der Waals surface area (Å²) in [7, 11) is 0. The van der Waals surface area contributed by atoms with Crippen LogP contribution in [0, 0.1) is 13.8 Å². The van der Waals surface area contributed by atoms with Crippen molar-refractivity contribution in [3.8, 4) is 11.4 Å². The molecule has 0 aromatic carbocycles. The van der Waals surface area contributed by atoms with Gasteiger partial charge in [-0.3, -0.25) is 9.88 Å². The van der Waals surface area contributed by atoms with Crippen molar-refractivity contribution in [2.24, 2.45) is 0 Å². The lowest BCUT2D eigenvalue weighted by Crippen LogP contribution is -2.19. The predicted octanol–water partition coefficient (Wildman–Crippen LogP) is 2.68. The Morgan fingerprint density at radius 2 is 2.00 bits per heavy atom. The second-order valence-electron chi connectivity index (χ2n) is 5.29. The van der Waals surface area contributed by atoms with E-state index in [2.05, 4.69) is 33.7 Å². The number of hydrogen-bond donors (Lipinski definition) is 1. The van der Waals surface area contributed by atoms with Crippen molar-refractivity contribution < 1.29 is 0 Å². The summed E-state index contributed by atoms with van der Waals surface area (Å²) in [6, 6.07) is 0. The second-order valence-corrected chi connectivity index (χ2v) is 5.29. The zero-order valence-electron chi connectivity index (χ0n) is 11.6. The van der Waals surface area contributed by atoms with Gasteiger partial charge in [0, 0.05) is 36.4 Å². The van der Waals surface area contributed by atoms with Crippen molar-refractivity contribution in [2.45, 2.75) is 33.2 Å². The van der Waals surface area contributed by atoms with Gasteiger partial charge in [-0.15, -0.1) is 0 Å². The first kappa shape index (κ1) is 12.4. The van der Waals surface area contributed by atoms with Crippen LogP contribution < -0.4 is 0 Å². The monoisotopic (exact) mass is 256 g/mol. The fourth-order valence-electron chi connectivity index (χ4n) is 2.79. The average molecular weight is 256 g/mol. The lowest BCUT2D eigenvalue weighted by molar-refractivity contribution is 0.331. The fraction of sp³-hybridized carbons (Fsp3) is 0.467. The molecule has 0 radical (unpaired) electrons. The van der Waals surface area contributed by atoms with E-state index in [-0.39, 0.29) is 0 Å². The molecular formula is C15H20N4. The minimum Gasteiger partial charge on any atom is -0.345 e. The van der Waals surface area contributed by atoms with Gasteiger partial charge in [-0.1, -0.05) is 0 Å². The minimum atomic E-state index is 0.956. The maximum absolute atomic E-state index is 4.52. The van der Waals surface area contributed by atoms with Crippen molar-refractivity contribution in [3.63, 3.8) is 0 Å². The molecule has 1 aliphatic heterocycles. The molecular weight excluding hydrogens is 236 g/mol. The first-order valence-corrected chi connectivity index (χ1v) is 6.93. The van der Waals surface area contributed by atoms with Crippen molar-refractivity contribution in [1.29, 1.82) is 0 Å². The molecule has 0 saturated carbocycles. The summed E-state index contributed by atoms with van der Waals surface area (Å²) in [6.07, 6.45) is 8.33. The van der Waals surface area contributed by atoms with E-state index in [0.717, 1.165) is 18.1 Å². The zero-order valence-corrected chi connectivity index (χ0v) is 11.6. The third-order valence-electron chi connectivity index (χ3n) is 3.98. The molecule has 1 saturated heterocycles. The van der Waals surface area contributed by atoms with Gasteiger partial charge in [0.1, 0.15) is 5.82 Å². The van der Waals surface area contributed by atoms with E-state index in [1.54, 1.807) is 0 Å². The Labute approximate surface area is 113 Å². The number of nitrogens with one attached hydrogen (secondary N) is 1. The molecule has 1 N–H and O–H groups in total. The van der Waals surface area contributed by atoms with Crippen LogP contribution in [0.15, 0.2) is 18.6 Å². The van der Waals surface area contributed by atoms with Gasteiger partial charge in [-0.05, 0) is 50.9 Å². The summed E-state index contributed by atoms with van der Waals surface area (Å²) in [6.45, 7) is 7.56. The molecule has 1 aliphatic rings. The smallest absolute Gasteiger partial charge is 0.137 e. The maximum Gasteiger partial charge on any atom is 0.137 e. The molecule has 0 spiro atoms. The standard InChI is InChI=1S/C15H20N4/c1-11-12(2)18-9-13(10-19-7-3-4-8-19)14(11)15-16-5-6-17-15/h5-6,9H,3-4,7-8,10H2,1-2H3,(H,16,17). The van der Waals surface area contributed by atoms with Crippen LogP contribution in [-0.4, -0.2) is 32.9 Å². The highest BCUT2D eigenvalue weighted by molar-refractivity contribution is 5.65. The van der Waals surface area contributed by atoms with Crippen LogP contribution in [0.3, 0.4) is 0 Å². The number of aryl methyl sites for hydroxylation is 1. The van der Waals surface area contributed by atoms with Crippen LogP contribution in [-0.2, 0) is 6.54 Å². The van der Waals surface area contributed by atoms with E-state index in [1.807, 2.05) is 18.6 Å². The van der Waals surface area contributed by atoms with E-state index in [4.69, 9.17) is 0 Å². The molecule has 3 rings (SSSR count).